The fraction of sp³-hybridized carbons (Fsp3) is 0.333. The van der Waals surface area contributed by atoms with Crippen LogP contribution in [-0.4, -0.2) is 34.9 Å². The zero-order valence-corrected chi connectivity index (χ0v) is 18.3. The highest BCUT2D eigenvalue weighted by atomic mass is 35.5. The van der Waals surface area contributed by atoms with Gasteiger partial charge in [0.15, 0.2) is 0 Å². The summed E-state index contributed by atoms with van der Waals surface area (Å²) in [5, 5.41) is 1.58. The number of fused-ring (bicyclic) bond motifs is 1. The van der Waals surface area contributed by atoms with Gasteiger partial charge in [0.2, 0.25) is 5.91 Å². The largest absolute Gasteiger partial charge is 0.356 e. The maximum absolute atomic E-state index is 12.5. The normalized spacial score (nSPS) is 14.7. The SMILES string of the molecule is Cc1sc2ncnc(N3CCC(C(=O)NNC(=O)c4cccc(Cl)c4)CC3)c2c1C. The van der Waals surface area contributed by atoms with Gasteiger partial charge in [-0.2, -0.15) is 0 Å². The van der Waals surface area contributed by atoms with Gasteiger partial charge < -0.3 is 4.90 Å². The first kappa shape index (κ1) is 20.6. The molecule has 2 aromatic heterocycles. The maximum atomic E-state index is 12.5. The first-order valence-electron chi connectivity index (χ1n) is 9.75. The topological polar surface area (TPSA) is 87.2 Å². The van der Waals surface area contributed by atoms with Crippen molar-refractivity contribution < 1.29 is 9.59 Å². The van der Waals surface area contributed by atoms with Crippen LogP contribution in [0.15, 0.2) is 30.6 Å². The highest BCUT2D eigenvalue weighted by Crippen LogP contribution is 2.35. The molecule has 1 aliphatic heterocycles. The number of halogens is 1. The van der Waals surface area contributed by atoms with Crippen molar-refractivity contribution in [3.8, 4) is 0 Å². The summed E-state index contributed by atoms with van der Waals surface area (Å²) in [5.74, 6) is 0.203. The van der Waals surface area contributed by atoms with E-state index in [0.29, 0.717) is 23.4 Å². The second kappa shape index (κ2) is 8.57. The van der Waals surface area contributed by atoms with E-state index in [-0.39, 0.29) is 11.8 Å². The number of aromatic nitrogens is 2. The van der Waals surface area contributed by atoms with E-state index < -0.39 is 5.91 Å². The van der Waals surface area contributed by atoms with Gasteiger partial charge in [-0.15, -0.1) is 11.3 Å². The average molecular weight is 444 g/mol. The molecular formula is C21H22ClN5O2S. The monoisotopic (exact) mass is 443 g/mol. The molecule has 1 saturated heterocycles. The second-order valence-corrected chi connectivity index (χ2v) is 9.02. The molecule has 156 valence electrons. The molecule has 1 fully saturated rings. The number of carbonyl (C=O) groups excluding carboxylic acids is 2. The highest BCUT2D eigenvalue weighted by Gasteiger charge is 2.27. The Morgan fingerprint density at radius 2 is 1.93 bits per heavy atom. The van der Waals surface area contributed by atoms with Crippen molar-refractivity contribution in [1.82, 2.24) is 20.8 Å². The smallest absolute Gasteiger partial charge is 0.269 e. The number of aryl methyl sites for hydroxylation is 2. The zero-order valence-electron chi connectivity index (χ0n) is 16.7. The minimum absolute atomic E-state index is 0.163. The Kier molecular flexibility index (Phi) is 5.87. The molecule has 3 aromatic rings. The van der Waals surface area contributed by atoms with E-state index >= 15 is 0 Å². The van der Waals surface area contributed by atoms with Gasteiger partial charge in [-0.05, 0) is 50.5 Å². The fourth-order valence-electron chi connectivity index (χ4n) is 3.68. The van der Waals surface area contributed by atoms with Crippen molar-refractivity contribution in [2.24, 2.45) is 5.92 Å². The third-order valence-corrected chi connectivity index (χ3v) is 6.85. The lowest BCUT2D eigenvalue weighted by atomic mass is 9.96. The minimum Gasteiger partial charge on any atom is -0.356 e. The van der Waals surface area contributed by atoms with Crippen LogP contribution in [0.1, 0.15) is 33.6 Å². The van der Waals surface area contributed by atoms with Crippen LogP contribution in [-0.2, 0) is 4.79 Å². The van der Waals surface area contributed by atoms with Crippen molar-refractivity contribution in [2.45, 2.75) is 26.7 Å². The Balaban J connectivity index is 1.36. The van der Waals surface area contributed by atoms with Crippen molar-refractivity contribution in [3.63, 3.8) is 0 Å². The molecule has 2 amide bonds. The van der Waals surface area contributed by atoms with E-state index in [2.05, 4.69) is 39.6 Å². The van der Waals surface area contributed by atoms with Crippen LogP contribution < -0.4 is 15.8 Å². The lowest BCUT2D eigenvalue weighted by Crippen LogP contribution is -2.47. The van der Waals surface area contributed by atoms with Crippen LogP contribution in [0.25, 0.3) is 10.2 Å². The summed E-state index contributed by atoms with van der Waals surface area (Å²) >= 11 is 7.58. The first-order valence-corrected chi connectivity index (χ1v) is 10.9. The number of hydrazine groups is 1. The van der Waals surface area contributed by atoms with Gasteiger partial charge in [-0.1, -0.05) is 17.7 Å². The minimum atomic E-state index is -0.394. The summed E-state index contributed by atoms with van der Waals surface area (Å²) in [6, 6.07) is 6.57. The van der Waals surface area contributed by atoms with Crippen molar-refractivity contribution in [2.75, 3.05) is 18.0 Å². The van der Waals surface area contributed by atoms with Crippen LogP contribution in [0.3, 0.4) is 0 Å². The van der Waals surface area contributed by atoms with Crippen LogP contribution in [0.2, 0.25) is 5.02 Å². The molecule has 0 radical (unpaired) electrons. The number of nitrogens with one attached hydrogen (secondary N) is 2. The molecule has 0 bridgehead atoms. The van der Waals surface area contributed by atoms with E-state index in [9.17, 15) is 9.59 Å². The average Bonchev–Trinajstić information content (AvgIpc) is 3.05. The number of rotatable bonds is 3. The van der Waals surface area contributed by atoms with Gasteiger partial charge >= 0.3 is 0 Å². The number of thiophene rings is 1. The summed E-state index contributed by atoms with van der Waals surface area (Å²) in [7, 11) is 0. The molecule has 1 aromatic carbocycles. The van der Waals surface area contributed by atoms with Gasteiger partial charge in [0.25, 0.3) is 5.91 Å². The zero-order chi connectivity index (χ0) is 21.3. The number of amides is 2. The summed E-state index contributed by atoms with van der Waals surface area (Å²) < 4.78 is 0. The second-order valence-electron chi connectivity index (χ2n) is 7.38. The van der Waals surface area contributed by atoms with Gasteiger partial charge in [0, 0.05) is 34.5 Å². The Morgan fingerprint density at radius 3 is 2.67 bits per heavy atom. The molecule has 9 heteroatoms. The molecule has 0 unspecified atom stereocenters. The number of hydrogen-bond donors (Lipinski definition) is 2. The molecular weight excluding hydrogens is 422 g/mol. The molecule has 0 atom stereocenters. The van der Waals surface area contributed by atoms with Crippen LogP contribution >= 0.6 is 22.9 Å². The molecule has 0 spiro atoms. The van der Waals surface area contributed by atoms with Gasteiger partial charge in [-0.3, -0.25) is 20.4 Å². The fourth-order valence-corrected chi connectivity index (χ4v) is 4.86. The van der Waals surface area contributed by atoms with Crippen molar-refractivity contribution >= 4 is 50.8 Å². The molecule has 0 saturated carbocycles. The number of hydrogen-bond acceptors (Lipinski definition) is 6. The summed E-state index contributed by atoms with van der Waals surface area (Å²) in [6.45, 7) is 5.64. The Morgan fingerprint density at radius 1 is 1.17 bits per heavy atom. The summed E-state index contributed by atoms with van der Waals surface area (Å²) in [5.41, 5.74) is 6.63. The lowest BCUT2D eigenvalue weighted by molar-refractivity contribution is -0.126. The molecule has 0 aliphatic carbocycles. The molecule has 1 aliphatic rings. The lowest BCUT2D eigenvalue weighted by Gasteiger charge is -2.32. The van der Waals surface area contributed by atoms with E-state index in [4.69, 9.17) is 11.6 Å². The third kappa shape index (κ3) is 4.11. The van der Waals surface area contributed by atoms with Gasteiger partial charge in [0.1, 0.15) is 17.0 Å². The Hall–Kier alpha value is -2.71. The number of nitrogens with zero attached hydrogens (tertiary/aromatic N) is 3. The number of piperidine rings is 1. The van der Waals surface area contributed by atoms with E-state index in [1.165, 1.54) is 10.4 Å². The number of benzene rings is 1. The van der Waals surface area contributed by atoms with Gasteiger partial charge in [-0.25, -0.2) is 9.97 Å². The first-order chi connectivity index (χ1) is 14.4. The maximum Gasteiger partial charge on any atom is 0.269 e. The van der Waals surface area contributed by atoms with E-state index in [0.717, 1.165) is 29.1 Å². The molecule has 30 heavy (non-hydrogen) atoms. The predicted molar refractivity (Wildman–Crippen MR) is 119 cm³/mol. The number of anilines is 1. The molecule has 3 heterocycles. The Bertz CT molecular complexity index is 1110. The standard InChI is InChI=1S/C21H22ClN5O2S/c1-12-13(2)30-21-17(12)18(23-11-24-21)27-8-6-14(7-9-27)19(28)25-26-20(29)15-4-3-5-16(22)10-15/h3-5,10-11,14H,6-9H2,1-2H3,(H,25,28)(H,26,29). The van der Waals surface area contributed by atoms with Crippen molar-refractivity contribution in [3.05, 3.63) is 51.6 Å². The predicted octanol–water partition coefficient (Wildman–Crippen LogP) is 3.64. The van der Waals surface area contributed by atoms with E-state index in [1.807, 2.05) is 0 Å². The van der Waals surface area contributed by atoms with Crippen LogP contribution in [0.4, 0.5) is 5.82 Å². The molecule has 2 N–H and O–H groups in total. The van der Waals surface area contributed by atoms with Gasteiger partial charge in [0.05, 0.1) is 5.39 Å². The van der Waals surface area contributed by atoms with E-state index in [1.54, 1.807) is 41.9 Å². The molecule has 4 rings (SSSR count). The Labute approximate surface area is 183 Å². The summed E-state index contributed by atoms with van der Waals surface area (Å²) in [6.07, 6.45) is 2.98. The van der Waals surface area contributed by atoms with Crippen LogP contribution in [0.5, 0.6) is 0 Å². The quantitative estimate of drug-likeness (QED) is 0.603. The molecule has 7 nitrogen and oxygen atoms in total. The third-order valence-electron chi connectivity index (χ3n) is 5.50. The van der Waals surface area contributed by atoms with Crippen molar-refractivity contribution in [1.29, 1.82) is 0 Å². The van der Waals surface area contributed by atoms with Crippen LogP contribution in [0, 0.1) is 19.8 Å². The number of carbonyl (C=O) groups is 2. The highest BCUT2D eigenvalue weighted by molar-refractivity contribution is 7.18. The summed E-state index contributed by atoms with van der Waals surface area (Å²) in [4.78, 5) is 38.1.